The summed E-state index contributed by atoms with van der Waals surface area (Å²) in [4.78, 5) is 16.1. The molecule has 2 rings (SSSR count). The highest BCUT2D eigenvalue weighted by Gasteiger charge is 2.10. The normalized spacial score (nSPS) is 10.5. The predicted molar refractivity (Wildman–Crippen MR) is 60.5 cm³/mol. The highest BCUT2D eigenvalue weighted by Crippen LogP contribution is 2.24. The summed E-state index contributed by atoms with van der Waals surface area (Å²) in [6.07, 6.45) is 3.52. The number of nitrogens with zero attached hydrogens (tertiary/aromatic N) is 1. The van der Waals surface area contributed by atoms with E-state index in [1.165, 1.54) is 11.8 Å². The van der Waals surface area contributed by atoms with Crippen molar-refractivity contribution in [3.8, 4) is 0 Å². The number of carboxylic acids is 1. The van der Waals surface area contributed by atoms with Crippen molar-refractivity contribution in [3.63, 3.8) is 0 Å². The number of benzene rings is 1. The van der Waals surface area contributed by atoms with Crippen molar-refractivity contribution < 1.29 is 9.90 Å². The maximum absolute atomic E-state index is 11.0. The number of fused-ring (bicyclic) bond motifs is 1. The molecule has 0 saturated carbocycles. The second-order valence-electron chi connectivity index (χ2n) is 3.06. The molecule has 1 aromatic carbocycles. The summed E-state index contributed by atoms with van der Waals surface area (Å²) >= 11 is 1.52. The molecular formula is C11H9NO2S. The number of carbonyl (C=O) groups is 1. The lowest BCUT2D eigenvalue weighted by atomic mass is 10.1. The molecule has 2 aromatic rings. The fourth-order valence-electron chi connectivity index (χ4n) is 1.45. The van der Waals surface area contributed by atoms with Gasteiger partial charge in [-0.15, -0.1) is 11.8 Å². The Bertz CT molecular complexity index is 525. The van der Waals surface area contributed by atoms with Crippen molar-refractivity contribution in [2.75, 3.05) is 6.26 Å². The van der Waals surface area contributed by atoms with Gasteiger partial charge < -0.3 is 5.11 Å². The van der Waals surface area contributed by atoms with Crippen molar-refractivity contribution in [2.45, 2.75) is 4.90 Å². The molecule has 4 heteroatoms. The van der Waals surface area contributed by atoms with Crippen LogP contribution in [0.2, 0.25) is 0 Å². The molecule has 0 spiro atoms. The molecule has 1 heterocycles. The minimum atomic E-state index is -0.936. The van der Waals surface area contributed by atoms with Gasteiger partial charge in [-0.05, 0) is 24.5 Å². The van der Waals surface area contributed by atoms with Gasteiger partial charge >= 0.3 is 5.97 Å². The average molecular weight is 219 g/mol. The Balaban J connectivity index is 2.80. The van der Waals surface area contributed by atoms with E-state index in [0.717, 1.165) is 10.3 Å². The molecule has 0 aliphatic heterocycles. The van der Waals surface area contributed by atoms with Crippen molar-refractivity contribution in [2.24, 2.45) is 0 Å². The molecule has 1 aromatic heterocycles. The monoisotopic (exact) mass is 219 g/mol. The summed E-state index contributed by atoms with van der Waals surface area (Å²) in [5.74, 6) is -0.936. The van der Waals surface area contributed by atoms with Crippen LogP contribution in [0.3, 0.4) is 0 Å². The van der Waals surface area contributed by atoms with Crippen LogP contribution in [-0.2, 0) is 0 Å². The van der Waals surface area contributed by atoms with Gasteiger partial charge in [0.2, 0.25) is 0 Å². The van der Waals surface area contributed by atoms with E-state index in [9.17, 15) is 4.79 Å². The molecule has 0 saturated heterocycles. The maximum Gasteiger partial charge on any atom is 0.337 e. The first-order valence-corrected chi connectivity index (χ1v) is 5.61. The molecule has 0 aliphatic rings. The van der Waals surface area contributed by atoms with Crippen LogP contribution in [0.1, 0.15) is 10.4 Å². The largest absolute Gasteiger partial charge is 0.478 e. The summed E-state index contributed by atoms with van der Waals surface area (Å²) in [6, 6.07) is 7.27. The number of carboxylic acid groups (broad SMARTS) is 1. The number of hydrogen-bond donors (Lipinski definition) is 1. The van der Waals surface area contributed by atoms with E-state index >= 15 is 0 Å². The van der Waals surface area contributed by atoms with Gasteiger partial charge in [-0.3, -0.25) is 4.98 Å². The van der Waals surface area contributed by atoms with Crippen LogP contribution in [0.15, 0.2) is 35.4 Å². The minimum absolute atomic E-state index is 0.262. The van der Waals surface area contributed by atoms with Gasteiger partial charge in [0.15, 0.2) is 0 Å². The highest BCUT2D eigenvalue weighted by molar-refractivity contribution is 7.98. The van der Waals surface area contributed by atoms with Gasteiger partial charge in [-0.2, -0.15) is 0 Å². The third kappa shape index (κ3) is 1.80. The number of aromatic carboxylic acids is 1. The number of hydrogen-bond acceptors (Lipinski definition) is 3. The van der Waals surface area contributed by atoms with E-state index < -0.39 is 5.97 Å². The average Bonchev–Trinajstić information content (AvgIpc) is 2.27. The Morgan fingerprint density at radius 1 is 1.47 bits per heavy atom. The first-order valence-electron chi connectivity index (χ1n) is 4.38. The van der Waals surface area contributed by atoms with Crippen LogP contribution in [0.4, 0.5) is 0 Å². The maximum atomic E-state index is 11.0. The third-order valence-electron chi connectivity index (χ3n) is 2.14. The van der Waals surface area contributed by atoms with Crippen molar-refractivity contribution in [1.29, 1.82) is 0 Å². The summed E-state index contributed by atoms with van der Waals surface area (Å²) < 4.78 is 0. The van der Waals surface area contributed by atoms with Crippen LogP contribution >= 0.6 is 11.8 Å². The topological polar surface area (TPSA) is 50.2 Å². The number of aromatic nitrogens is 1. The highest BCUT2D eigenvalue weighted by atomic mass is 32.2. The van der Waals surface area contributed by atoms with Gasteiger partial charge in [0, 0.05) is 16.5 Å². The smallest absolute Gasteiger partial charge is 0.337 e. The lowest BCUT2D eigenvalue weighted by Crippen LogP contribution is -1.99. The molecule has 0 atom stereocenters. The number of pyridine rings is 1. The van der Waals surface area contributed by atoms with Gasteiger partial charge in [0.1, 0.15) is 0 Å². The first-order chi connectivity index (χ1) is 7.22. The SMILES string of the molecule is CSc1cc(C(=O)O)c2ncccc2c1. The second-order valence-corrected chi connectivity index (χ2v) is 3.93. The Labute approximate surface area is 91.1 Å². The summed E-state index contributed by atoms with van der Waals surface area (Å²) in [7, 11) is 0. The van der Waals surface area contributed by atoms with Crippen LogP contribution in [-0.4, -0.2) is 22.3 Å². The fourth-order valence-corrected chi connectivity index (χ4v) is 1.93. The number of thioether (sulfide) groups is 1. The minimum Gasteiger partial charge on any atom is -0.478 e. The lowest BCUT2D eigenvalue weighted by molar-refractivity contribution is 0.0698. The Morgan fingerprint density at radius 2 is 2.27 bits per heavy atom. The quantitative estimate of drug-likeness (QED) is 0.789. The molecule has 76 valence electrons. The Hall–Kier alpha value is -1.55. The molecule has 0 radical (unpaired) electrons. The van der Waals surface area contributed by atoms with Gasteiger partial charge in [-0.25, -0.2) is 4.79 Å². The molecule has 0 amide bonds. The van der Waals surface area contributed by atoms with Gasteiger partial charge in [0.25, 0.3) is 0 Å². The van der Waals surface area contributed by atoms with E-state index in [-0.39, 0.29) is 5.56 Å². The zero-order valence-electron chi connectivity index (χ0n) is 8.10. The second kappa shape index (κ2) is 3.90. The van der Waals surface area contributed by atoms with Crippen LogP contribution in [0.25, 0.3) is 10.9 Å². The zero-order chi connectivity index (χ0) is 10.8. The van der Waals surface area contributed by atoms with Crippen LogP contribution in [0, 0.1) is 0 Å². The molecular weight excluding hydrogens is 210 g/mol. The molecule has 0 aliphatic carbocycles. The molecule has 3 nitrogen and oxygen atoms in total. The lowest BCUT2D eigenvalue weighted by Gasteiger charge is -2.04. The zero-order valence-corrected chi connectivity index (χ0v) is 8.91. The third-order valence-corrected chi connectivity index (χ3v) is 2.85. The molecule has 1 N–H and O–H groups in total. The van der Waals surface area contributed by atoms with Crippen molar-refractivity contribution in [3.05, 3.63) is 36.0 Å². The van der Waals surface area contributed by atoms with E-state index in [2.05, 4.69) is 4.98 Å². The summed E-state index contributed by atoms with van der Waals surface area (Å²) in [5.41, 5.74) is 0.806. The van der Waals surface area contributed by atoms with Gasteiger partial charge in [-0.1, -0.05) is 6.07 Å². The first kappa shape index (κ1) is 9.98. The molecule has 0 bridgehead atoms. The van der Waals surface area contributed by atoms with Crippen LogP contribution < -0.4 is 0 Å². The van der Waals surface area contributed by atoms with E-state index in [0.29, 0.717) is 5.52 Å². The molecule has 0 fully saturated rings. The van der Waals surface area contributed by atoms with Crippen molar-refractivity contribution >= 4 is 28.6 Å². The fraction of sp³-hybridized carbons (Fsp3) is 0.0909. The van der Waals surface area contributed by atoms with E-state index in [4.69, 9.17) is 5.11 Å². The standard InChI is InChI=1S/C11H9NO2S/c1-15-8-5-7-3-2-4-12-10(7)9(6-8)11(13)14/h2-6H,1H3,(H,13,14). The molecule has 0 unspecified atom stereocenters. The Kier molecular flexibility index (Phi) is 2.60. The predicted octanol–water partition coefficient (Wildman–Crippen LogP) is 2.65. The number of rotatable bonds is 2. The van der Waals surface area contributed by atoms with Crippen LogP contribution in [0.5, 0.6) is 0 Å². The van der Waals surface area contributed by atoms with E-state index in [1.54, 1.807) is 18.3 Å². The van der Waals surface area contributed by atoms with Gasteiger partial charge in [0.05, 0.1) is 11.1 Å². The summed E-state index contributed by atoms with van der Waals surface area (Å²) in [6.45, 7) is 0. The summed E-state index contributed by atoms with van der Waals surface area (Å²) in [5, 5.41) is 9.92. The molecule has 15 heavy (non-hydrogen) atoms. The van der Waals surface area contributed by atoms with Crippen molar-refractivity contribution in [1.82, 2.24) is 4.98 Å². The Morgan fingerprint density at radius 3 is 2.93 bits per heavy atom. The van der Waals surface area contributed by atoms with E-state index in [1.807, 2.05) is 18.4 Å².